The van der Waals surface area contributed by atoms with Gasteiger partial charge in [-0.2, -0.15) is 0 Å². The summed E-state index contributed by atoms with van der Waals surface area (Å²) in [5.41, 5.74) is 0. The van der Waals surface area contributed by atoms with Crippen LogP contribution in [0.3, 0.4) is 0 Å². The van der Waals surface area contributed by atoms with Gasteiger partial charge >= 0.3 is 0 Å². The summed E-state index contributed by atoms with van der Waals surface area (Å²) in [5.74, 6) is -0.434. The molecule has 0 aliphatic heterocycles. The van der Waals surface area contributed by atoms with Gasteiger partial charge in [-0.25, -0.2) is 4.39 Å². The Hall–Kier alpha value is -0.270. The molecule has 0 aliphatic rings. The second kappa shape index (κ2) is 3.23. The van der Waals surface area contributed by atoms with Crippen molar-refractivity contribution < 1.29 is 8.96 Å². The number of hydrogen-bond acceptors (Lipinski definition) is 2. The van der Waals surface area contributed by atoms with Crippen molar-refractivity contribution in [3.05, 3.63) is 24.0 Å². The Morgan fingerprint density at radius 2 is 2.00 bits per heavy atom. The topological polar surface area (TPSA) is 17.1 Å². The van der Waals surface area contributed by atoms with Gasteiger partial charge in [-0.05, 0) is 25.5 Å². The molecule has 0 saturated heterocycles. The highest BCUT2D eigenvalue weighted by Crippen LogP contribution is 2.37. The molecule has 4 heteroatoms. The van der Waals surface area contributed by atoms with E-state index in [4.69, 9.17) is 0 Å². The van der Waals surface area contributed by atoms with Gasteiger partial charge < -0.3 is 4.57 Å². The number of hydrogen-bond donors (Lipinski definition) is 1. The van der Waals surface area contributed by atoms with Gasteiger partial charge in [0, 0.05) is 4.90 Å². The van der Waals surface area contributed by atoms with Crippen LogP contribution >= 0.6 is 19.8 Å². The van der Waals surface area contributed by atoms with Crippen LogP contribution in [0.1, 0.15) is 0 Å². The van der Waals surface area contributed by atoms with Crippen LogP contribution in [0.2, 0.25) is 0 Å². The number of halogens is 1. The highest BCUT2D eigenvalue weighted by Gasteiger charge is 2.18. The quantitative estimate of drug-likeness (QED) is 0.549. The van der Waals surface area contributed by atoms with Crippen molar-refractivity contribution >= 4 is 25.1 Å². The molecule has 0 saturated carbocycles. The fraction of sp³-hybridized carbons (Fsp3) is 0.250. The number of thiol groups is 1. The lowest BCUT2D eigenvalue weighted by Crippen LogP contribution is -2.10. The van der Waals surface area contributed by atoms with E-state index in [1.165, 1.54) is 19.4 Å². The Morgan fingerprint density at radius 1 is 1.42 bits per heavy atom. The molecule has 0 heterocycles. The first-order valence-corrected chi connectivity index (χ1v) is 6.51. The van der Waals surface area contributed by atoms with Crippen LogP contribution in [-0.2, 0) is 4.57 Å². The Morgan fingerprint density at radius 3 is 2.33 bits per heavy atom. The average molecular weight is 204 g/mol. The van der Waals surface area contributed by atoms with Crippen molar-refractivity contribution in [3.63, 3.8) is 0 Å². The minimum atomic E-state index is -2.54. The molecule has 0 radical (unpaired) electrons. The van der Waals surface area contributed by atoms with Crippen LogP contribution in [0.4, 0.5) is 4.39 Å². The largest absolute Gasteiger partial charge is 0.319 e. The molecule has 0 unspecified atom stereocenters. The second-order valence-corrected chi connectivity index (χ2v) is 6.59. The third-order valence-corrected chi connectivity index (χ3v) is 3.58. The second-order valence-electron chi connectivity index (χ2n) is 2.96. The van der Waals surface area contributed by atoms with Crippen molar-refractivity contribution in [1.29, 1.82) is 0 Å². The normalized spacial score (nSPS) is 11.7. The fourth-order valence-electron chi connectivity index (χ4n) is 1.04. The van der Waals surface area contributed by atoms with E-state index >= 15 is 0 Å². The van der Waals surface area contributed by atoms with Gasteiger partial charge in [-0.3, -0.25) is 0 Å². The lowest BCUT2D eigenvalue weighted by Gasteiger charge is -2.10. The van der Waals surface area contributed by atoms with E-state index in [-0.39, 0.29) is 5.30 Å². The van der Waals surface area contributed by atoms with Crippen LogP contribution in [0.25, 0.3) is 0 Å². The smallest absolute Gasteiger partial charge is 0.135 e. The van der Waals surface area contributed by atoms with Crippen molar-refractivity contribution in [2.24, 2.45) is 0 Å². The van der Waals surface area contributed by atoms with Crippen molar-refractivity contribution in [1.82, 2.24) is 0 Å². The van der Waals surface area contributed by atoms with E-state index in [1.54, 1.807) is 12.1 Å². The van der Waals surface area contributed by atoms with Gasteiger partial charge in [-0.1, -0.05) is 6.07 Å². The predicted octanol–water partition coefficient (Wildman–Crippen LogP) is 2.36. The maximum Gasteiger partial charge on any atom is 0.135 e. The summed E-state index contributed by atoms with van der Waals surface area (Å²) in [5, 5.41) is 0.244. The summed E-state index contributed by atoms with van der Waals surface area (Å²) in [7, 11) is -2.54. The van der Waals surface area contributed by atoms with Crippen LogP contribution < -0.4 is 5.30 Å². The first-order valence-electron chi connectivity index (χ1n) is 3.46. The first kappa shape index (κ1) is 9.82. The van der Waals surface area contributed by atoms with E-state index < -0.39 is 13.0 Å². The molecule has 0 N–H and O–H groups in total. The molecule has 12 heavy (non-hydrogen) atoms. The summed E-state index contributed by atoms with van der Waals surface area (Å²) < 4.78 is 24.7. The Balaban J connectivity index is 3.42. The van der Waals surface area contributed by atoms with E-state index in [9.17, 15) is 8.96 Å². The fourth-order valence-corrected chi connectivity index (χ4v) is 3.17. The highest BCUT2D eigenvalue weighted by molar-refractivity contribution is 7.82. The zero-order chi connectivity index (χ0) is 9.35. The molecule has 0 bridgehead atoms. The molecule has 1 aromatic rings. The Kier molecular flexibility index (Phi) is 2.64. The zero-order valence-electron chi connectivity index (χ0n) is 6.91. The SMILES string of the molecule is CP(C)(=O)c1c(F)cccc1S. The van der Waals surface area contributed by atoms with E-state index in [1.807, 2.05) is 0 Å². The summed E-state index contributed by atoms with van der Waals surface area (Å²) >= 11 is 4.05. The van der Waals surface area contributed by atoms with Gasteiger partial charge in [0.2, 0.25) is 0 Å². The summed E-state index contributed by atoms with van der Waals surface area (Å²) in [6.45, 7) is 3.07. The van der Waals surface area contributed by atoms with Crippen molar-refractivity contribution in [2.75, 3.05) is 13.3 Å². The molecule has 0 amide bonds. The van der Waals surface area contributed by atoms with Gasteiger partial charge in [0.15, 0.2) is 0 Å². The highest BCUT2D eigenvalue weighted by atomic mass is 32.1. The number of benzene rings is 1. The lowest BCUT2D eigenvalue weighted by molar-refractivity contribution is 0.584. The molecular weight excluding hydrogens is 194 g/mol. The zero-order valence-corrected chi connectivity index (χ0v) is 8.70. The molecule has 66 valence electrons. The minimum Gasteiger partial charge on any atom is -0.319 e. The molecule has 1 aromatic carbocycles. The molecule has 0 aromatic heterocycles. The Bertz CT molecular complexity index is 325. The van der Waals surface area contributed by atoms with Crippen LogP contribution in [0.15, 0.2) is 23.1 Å². The average Bonchev–Trinajstić information content (AvgIpc) is 1.82. The number of rotatable bonds is 1. The van der Waals surface area contributed by atoms with Gasteiger partial charge in [0.05, 0.1) is 5.30 Å². The monoisotopic (exact) mass is 204 g/mol. The van der Waals surface area contributed by atoms with E-state index in [0.717, 1.165) is 0 Å². The Labute approximate surface area is 76.8 Å². The standard InChI is InChI=1S/C8H10FOPS/c1-11(2,10)8-6(9)4-3-5-7(8)12/h3-5,12H,1-2H3. The van der Waals surface area contributed by atoms with Crippen LogP contribution in [-0.4, -0.2) is 13.3 Å². The molecule has 1 rings (SSSR count). The molecule has 0 fully saturated rings. The molecular formula is C8H10FOPS. The summed E-state index contributed by atoms with van der Waals surface area (Å²) in [6.07, 6.45) is 0. The maximum atomic E-state index is 13.1. The summed E-state index contributed by atoms with van der Waals surface area (Å²) in [4.78, 5) is 0.461. The van der Waals surface area contributed by atoms with Crippen LogP contribution in [0.5, 0.6) is 0 Å². The van der Waals surface area contributed by atoms with Gasteiger partial charge in [0.25, 0.3) is 0 Å². The van der Waals surface area contributed by atoms with Gasteiger partial charge in [-0.15, -0.1) is 12.6 Å². The first-order chi connectivity index (χ1) is 5.43. The van der Waals surface area contributed by atoms with Crippen molar-refractivity contribution in [3.8, 4) is 0 Å². The summed E-state index contributed by atoms with van der Waals surface area (Å²) in [6, 6.07) is 4.49. The van der Waals surface area contributed by atoms with Crippen LogP contribution in [0, 0.1) is 5.82 Å². The van der Waals surface area contributed by atoms with E-state index in [0.29, 0.717) is 4.90 Å². The lowest BCUT2D eigenvalue weighted by atomic mass is 10.3. The van der Waals surface area contributed by atoms with E-state index in [2.05, 4.69) is 12.6 Å². The molecule has 0 spiro atoms. The van der Waals surface area contributed by atoms with Gasteiger partial charge in [0.1, 0.15) is 13.0 Å². The maximum absolute atomic E-state index is 13.1. The van der Waals surface area contributed by atoms with Crippen molar-refractivity contribution in [2.45, 2.75) is 4.90 Å². The molecule has 0 aliphatic carbocycles. The minimum absolute atomic E-state index is 0.244. The third kappa shape index (κ3) is 1.90. The molecule has 1 nitrogen and oxygen atoms in total. The predicted molar refractivity (Wildman–Crippen MR) is 52.7 cm³/mol. The third-order valence-electron chi connectivity index (χ3n) is 1.50. The molecule has 0 atom stereocenters.